The molecule has 0 atom stereocenters. The van der Waals surface area contributed by atoms with Crippen molar-refractivity contribution in [1.82, 2.24) is 10.6 Å². The van der Waals surface area contributed by atoms with Gasteiger partial charge in [-0.1, -0.05) is 36.4 Å². The maximum absolute atomic E-state index is 14.5. The van der Waals surface area contributed by atoms with E-state index in [9.17, 15) is 48.6 Å². The van der Waals surface area contributed by atoms with Gasteiger partial charge < -0.3 is 39.8 Å². The van der Waals surface area contributed by atoms with Crippen molar-refractivity contribution in [3.05, 3.63) is 164 Å². The largest absolute Gasteiger partial charge is 0.479 e. The van der Waals surface area contributed by atoms with Crippen molar-refractivity contribution in [2.75, 3.05) is 10.6 Å². The molecule has 6 aromatic rings. The molecule has 7 rings (SSSR count). The van der Waals surface area contributed by atoms with Crippen molar-refractivity contribution in [2.24, 2.45) is 0 Å². The summed E-state index contributed by atoms with van der Waals surface area (Å²) in [4.78, 5) is 109. The minimum atomic E-state index is -2.62. The first-order chi connectivity index (χ1) is 34.0. The number of ether oxygens (including phenoxy) is 4. The molecule has 372 valence electrons. The summed E-state index contributed by atoms with van der Waals surface area (Å²) in [5.41, 5.74) is -6.68. The van der Waals surface area contributed by atoms with E-state index < -0.39 is 82.0 Å². The molecule has 0 aliphatic heterocycles. The van der Waals surface area contributed by atoms with Crippen molar-refractivity contribution < 1.29 is 67.5 Å². The Morgan fingerprint density at radius 2 is 0.819 bits per heavy atom. The zero-order valence-electron chi connectivity index (χ0n) is 39.5. The molecule has 20 heteroatoms. The number of carboxylic acids is 2. The minimum absolute atomic E-state index is 0.00999. The topological polar surface area (TPSA) is 262 Å². The van der Waals surface area contributed by atoms with Crippen LogP contribution in [0.5, 0.6) is 11.5 Å². The van der Waals surface area contributed by atoms with Gasteiger partial charge in [-0.2, -0.15) is 0 Å². The second-order valence-electron chi connectivity index (χ2n) is 18.4. The number of amides is 4. The molecule has 0 saturated heterocycles. The Morgan fingerprint density at radius 1 is 0.486 bits per heavy atom. The van der Waals surface area contributed by atoms with Crippen LogP contribution in [0.2, 0.25) is 0 Å². The summed E-state index contributed by atoms with van der Waals surface area (Å²) in [7, 11) is 0. The second-order valence-corrected chi connectivity index (χ2v) is 20.3. The van der Waals surface area contributed by atoms with Crippen LogP contribution in [0.3, 0.4) is 0 Å². The van der Waals surface area contributed by atoms with Gasteiger partial charge in [-0.25, -0.2) is 28.8 Å². The number of benzene rings is 4. The van der Waals surface area contributed by atoms with Crippen molar-refractivity contribution in [1.29, 1.82) is 0 Å². The van der Waals surface area contributed by atoms with Crippen molar-refractivity contribution in [3.63, 3.8) is 0 Å². The Kier molecular flexibility index (Phi) is 14.7. The van der Waals surface area contributed by atoms with E-state index >= 15 is 0 Å². The minimum Gasteiger partial charge on any atom is -0.479 e. The monoisotopic (exact) mass is 1020 g/mol. The Hall–Kier alpha value is -8.36. The average Bonchev–Trinajstić information content (AvgIpc) is 4.05. The van der Waals surface area contributed by atoms with E-state index in [-0.39, 0.29) is 54.9 Å². The van der Waals surface area contributed by atoms with Crippen molar-refractivity contribution in [2.45, 2.75) is 75.7 Å². The third kappa shape index (κ3) is 11.3. The molecule has 18 nitrogen and oxygen atoms in total. The lowest BCUT2D eigenvalue weighted by Crippen LogP contribution is -2.86. The Bertz CT molecular complexity index is 2780. The fraction of sp³-hybridized carbons (Fsp3) is 0.231. The smallest absolute Gasteiger partial charge is 0.412 e. The lowest BCUT2D eigenvalue weighted by molar-refractivity contribution is -0.171. The molecule has 0 bridgehead atoms. The summed E-state index contributed by atoms with van der Waals surface area (Å²) >= 11 is 2.28. The number of nitrogens with one attached hydrogen (secondary N) is 4. The number of rotatable bonds is 14. The first-order valence-corrected chi connectivity index (χ1v) is 23.8. The lowest BCUT2D eigenvalue weighted by atomic mass is 9.43. The van der Waals surface area contributed by atoms with E-state index in [0.29, 0.717) is 0 Å². The molecule has 1 aliphatic carbocycles. The predicted octanol–water partition coefficient (Wildman–Crippen LogP) is 9.33. The highest BCUT2D eigenvalue weighted by atomic mass is 32.1. The third-order valence-corrected chi connectivity index (χ3v) is 12.7. The molecule has 6 N–H and O–H groups in total. The highest BCUT2D eigenvalue weighted by molar-refractivity contribution is 7.12. The number of carboxylic acid groups (broad SMARTS) is 2. The maximum Gasteiger partial charge on any atom is 0.412 e. The molecular formula is C52H48N4O14S2. The summed E-state index contributed by atoms with van der Waals surface area (Å²) in [5.74, 6) is -10.5. The number of hydrogen-bond donors (Lipinski definition) is 6. The number of carbonyl (C=O) groups is 8. The van der Waals surface area contributed by atoms with Gasteiger partial charge in [-0.05, 0) is 148 Å². The summed E-state index contributed by atoms with van der Waals surface area (Å²) in [6.45, 7) is 10.1. The van der Waals surface area contributed by atoms with Gasteiger partial charge in [-0.3, -0.25) is 20.2 Å². The van der Waals surface area contributed by atoms with Gasteiger partial charge in [-0.15, -0.1) is 22.7 Å². The Morgan fingerprint density at radius 3 is 1.10 bits per heavy atom. The fourth-order valence-electron chi connectivity index (χ4n) is 8.23. The molecule has 4 amide bonds. The van der Waals surface area contributed by atoms with Crippen LogP contribution in [0.4, 0.5) is 21.0 Å². The number of carbonyl (C=O) groups excluding carboxylic acids is 6. The zero-order valence-corrected chi connectivity index (χ0v) is 41.1. The van der Waals surface area contributed by atoms with Gasteiger partial charge in [0.2, 0.25) is 0 Å². The summed E-state index contributed by atoms with van der Waals surface area (Å²) in [6, 6.07) is 27.8. The second kappa shape index (κ2) is 20.5. The summed E-state index contributed by atoms with van der Waals surface area (Å²) in [6.07, 6.45) is -1.55. The van der Waals surface area contributed by atoms with Crippen LogP contribution >= 0.6 is 22.7 Å². The van der Waals surface area contributed by atoms with Gasteiger partial charge in [0.05, 0.1) is 11.8 Å². The quantitative estimate of drug-likeness (QED) is 0.0439. The maximum atomic E-state index is 14.5. The summed E-state index contributed by atoms with van der Waals surface area (Å²) in [5, 5.41) is 37.0. The van der Waals surface area contributed by atoms with E-state index in [1.807, 2.05) is 0 Å². The molecule has 72 heavy (non-hydrogen) atoms. The molecule has 0 spiro atoms. The first-order valence-electron chi connectivity index (χ1n) is 22.0. The van der Waals surface area contributed by atoms with Gasteiger partial charge in [0.1, 0.15) is 32.5 Å². The van der Waals surface area contributed by atoms with Gasteiger partial charge in [0.25, 0.3) is 11.8 Å². The van der Waals surface area contributed by atoms with Crippen molar-refractivity contribution in [3.8, 4) is 11.5 Å². The number of thiophene rings is 2. The van der Waals surface area contributed by atoms with Gasteiger partial charge >= 0.3 is 36.1 Å². The normalized spacial score (nSPS) is 18.2. The van der Waals surface area contributed by atoms with E-state index in [4.69, 9.17) is 18.9 Å². The molecule has 2 heterocycles. The highest BCUT2D eigenvalue weighted by Crippen LogP contribution is 2.63. The van der Waals surface area contributed by atoms with Crippen LogP contribution in [0.1, 0.15) is 105 Å². The van der Waals surface area contributed by atoms with Crippen LogP contribution in [0, 0.1) is 0 Å². The average molecular weight is 1020 g/mol. The number of aliphatic carboxylic acids is 2. The predicted molar refractivity (Wildman–Crippen MR) is 265 cm³/mol. The van der Waals surface area contributed by atoms with Crippen LogP contribution in [-0.4, -0.2) is 80.4 Å². The van der Waals surface area contributed by atoms with Crippen molar-refractivity contribution >= 4 is 81.9 Å². The van der Waals surface area contributed by atoms with E-state index in [2.05, 4.69) is 21.3 Å². The molecule has 2 aromatic heterocycles. The summed E-state index contributed by atoms with van der Waals surface area (Å²) < 4.78 is 21.7. The number of anilines is 2. The SMILES string of the molecule is CC(C)(C)OC(=O)Nc1ccc(C(=O)NC2(C(=O)O)C(c3ccc(OC(=O)c4cccs4)cc3)C(NC(=O)c3ccc(NC(=O)OC(C)(C)C)cc3)(C(=O)O)C2c2ccc(OC(=O)c3cccs3)cc2)cc1. The van der Waals surface area contributed by atoms with Crippen LogP contribution < -0.4 is 30.7 Å². The van der Waals surface area contributed by atoms with E-state index in [1.54, 1.807) is 76.6 Å². The fourth-order valence-corrected chi connectivity index (χ4v) is 9.43. The molecule has 1 fully saturated rings. The molecule has 0 radical (unpaired) electrons. The number of hydrogen-bond acceptors (Lipinski definition) is 14. The molecular weight excluding hydrogens is 969 g/mol. The van der Waals surface area contributed by atoms with Crippen LogP contribution in [0.25, 0.3) is 0 Å². The standard InChI is InChI=1S/C52H48N4O14S2/c1-49(2,3)69-47(65)53-33-19-11-31(12-20-33)41(57)55-51(45(61)62)39(29-15-23-35(24-16-29)67-43(59)37-9-7-27-71-37)52(46(63)64,40(51)30-17-25-36(26-18-30)68-44(60)38-10-8-28-72-38)56-42(58)32-13-21-34(22-14-32)54-48(66)70-50(4,5)6/h7-28,39-40H,1-6H3,(H,53,65)(H,54,66)(H,55,57)(H,56,58)(H,61,62)(H,63,64). The first kappa shape index (κ1) is 51.5. The molecule has 1 aliphatic rings. The molecule has 1 saturated carbocycles. The van der Waals surface area contributed by atoms with Crippen LogP contribution in [0.15, 0.2) is 132 Å². The van der Waals surface area contributed by atoms with Crippen LogP contribution in [-0.2, 0) is 19.1 Å². The van der Waals surface area contributed by atoms with E-state index in [0.717, 1.165) is 22.7 Å². The Labute approximate surface area is 420 Å². The highest BCUT2D eigenvalue weighted by Gasteiger charge is 2.80. The van der Waals surface area contributed by atoms with E-state index in [1.165, 1.54) is 97.1 Å². The van der Waals surface area contributed by atoms with Gasteiger partial charge in [0.15, 0.2) is 11.1 Å². The zero-order chi connectivity index (χ0) is 52.2. The van der Waals surface area contributed by atoms with Gasteiger partial charge in [0, 0.05) is 22.5 Å². The molecule has 4 aromatic carbocycles. The molecule has 0 unspecified atom stereocenters. The third-order valence-electron chi connectivity index (χ3n) is 11.0. The Balaban J connectivity index is 1.33. The number of esters is 2. The lowest BCUT2D eigenvalue weighted by Gasteiger charge is -2.64.